The monoisotopic (exact) mass is 282 g/mol. The zero-order valence-electron chi connectivity index (χ0n) is 10.7. The summed E-state index contributed by atoms with van der Waals surface area (Å²) in [7, 11) is 0. The molecule has 104 valence electrons. The number of hydrogen-bond acceptors (Lipinski definition) is 5. The molecule has 0 spiro atoms. The number of nitrogens with one attached hydrogen (secondary N) is 3. The second-order valence-corrected chi connectivity index (χ2v) is 4.12. The number of carbonyl (C=O) groups excluding carboxylic acids is 2. The number of rotatable bonds is 2. The van der Waals surface area contributed by atoms with Crippen molar-refractivity contribution in [3.63, 3.8) is 0 Å². The molecule has 3 aromatic rings. The van der Waals surface area contributed by atoms with Crippen LogP contribution in [0.2, 0.25) is 0 Å². The van der Waals surface area contributed by atoms with E-state index in [0.29, 0.717) is 11.2 Å². The van der Waals surface area contributed by atoms with Crippen molar-refractivity contribution in [3.05, 3.63) is 42.9 Å². The highest BCUT2D eigenvalue weighted by Crippen LogP contribution is 2.20. The minimum Gasteiger partial charge on any atom is -0.316 e. The molecule has 0 saturated heterocycles. The average Bonchev–Trinajstić information content (AvgIpc) is 3.00. The third kappa shape index (κ3) is 2.68. The number of carbonyl (C=O) groups is 2. The van der Waals surface area contributed by atoms with E-state index >= 15 is 0 Å². The molecule has 0 aliphatic heterocycles. The highest BCUT2D eigenvalue weighted by atomic mass is 16.2. The van der Waals surface area contributed by atoms with E-state index in [4.69, 9.17) is 0 Å². The number of para-hydroxylation sites is 1. The average molecular weight is 282 g/mol. The summed E-state index contributed by atoms with van der Waals surface area (Å²) in [5.41, 5.74) is 1.08. The van der Waals surface area contributed by atoms with Crippen LogP contribution in [0.3, 0.4) is 0 Å². The molecule has 8 nitrogen and oxygen atoms in total. The molecule has 1 aromatic carbocycles. The number of amides is 2. The topological polar surface area (TPSA) is 113 Å². The lowest BCUT2D eigenvalue weighted by molar-refractivity contribution is -0.133. The van der Waals surface area contributed by atoms with Gasteiger partial charge in [-0.3, -0.25) is 19.9 Å². The molecule has 3 N–H and O–H groups in total. The molecule has 0 aliphatic carbocycles. The minimum absolute atomic E-state index is 0.103. The molecule has 0 atom stereocenters. The van der Waals surface area contributed by atoms with E-state index in [0.717, 1.165) is 5.39 Å². The van der Waals surface area contributed by atoms with Crippen LogP contribution in [-0.4, -0.2) is 32.0 Å². The third-order valence-electron chi connectivity index (χ3n) is 2.73. The van der Waals surface area contributed by atoms with E-state index in [2.05, 4.69) is 30.8 Å². The molecule has 0 aliphatic rings. The molecule has 2 aromatic heterocycles. The van der Waals surface area contributed by atoms with Gasteiger partial charge in [-0.05, 0) is 12.1 Å². The van der Waals surface area contributed by atoms with Gasteiger partial charge < -0.3 is 5.32 Å². The van der Waals surface area contributed by atoms with E-state index < -0.39 is 11.8 Å². The first-order chi connectivity index (χ1) is 10.2. The number of nitrogens with zero attached hydrogens (tertiary/aromatic N) is 3. The van der Waals surface area contributed by atoms with Gasteiger partial charge in [-0.2, -0.15) is 10.1 Å². The summed E-state index contributed by atoms with van der Waals surface area (Å²) < 4.78 is 0. The second-order valence-electron chi connectivity index (χ2n) is 4.12. The minimum atomic E-state index is -0.848. The van der Waals surface area contributed by atoms with Gasteiger partial charge >= 0.3 is 11.8 Å². The summed E-state index contributed by atoms with van der Waals surface area (Å²) in [5.74, 6) is -1.56. The van der Waals surface area contributed by atoms with Gasteiger partial charge in [-0.1, -0.05) is 18.2 Å². The maximum Gasteiger partial charge on any atom is 0.316 e. The van der Waals surface area contributed by atoms with E-state index in [1.807, 2.05) is 12.1 Å². The van der Waals surface area contributed by atoms with Crippen LogP contribution >= 0.6 is 0 Å². The Morgan fingerprint density at radius 1 is 1.00 bits per heavy atom. The van der Waals surface area contributed by atoms with Gasteiger partial charge in [0.25, 0.3) is 0 Å². The predicted octanol–water partition coefficient (Wildman–Crippen LogP) is 0.930. The fraction of sp³-hybridized carbons (Fsp3) is 0. The Morgan fingerprint density at radius 3 is 2.62 bits per heavy atom. The van der Waals surface area contributed by atoms with E-state index in [-0.39, 0.29) is 5.95 Å². The first kappa shape index (κ1) is 12.7. The predicted molar refractivity (Wildman–Crippen MR) is 75.4 cm³/mol. The van der Waals surface area contributed by atoms with Gasteiger partial charge in [-0.15, -0.1) is 0 Å². The molecular weight excluding hydrogens is 272 g/mol. The third-order valence-corrected chi connectivity index (χ3v) is 2.73. The van der Waals surface area contributed by atoms with Crippen molar-refractivity contribution in [1.29, 1.82) is 0 Å². The molecule has 0 radical (unpaired) electrons. The van der Waals surface area contributed by atoms with Crippen LogP contribution in [0.25, 0.3) is 10.9 Å². The van der Waals surface area contributed by atoms with Crippen molar-refractivity contribution in [1.82, 2.24) is 20.2 Å². The van der Waals surface area contributed by atoms with Crippen molar-refractivity contribution in [3.8, 4) is 0 Å². The van der Waals surface area contributed by atoms with Crippen LogP contribution in [0.15, 0.2) is 42.9 Å². The van der Waals surface area contributed by atoms with Crippen LogP contribution in [-0.2, 0) is 9.59 Å². The zero-order chi connectivity index (χ0) is 14.7. The Morgan fingerprint density at radius 2 is 1.81 bits per heavy atom. The van der Waals surface area contributed by atoms with E-state index in [1.165, 1.54) is 6.33 Å². The quantitative estimate of drug-likeness (QED) is 0.605. The fourth-order valence-corrected chi connectivity index (χ4v) is 1.81. The summed E-state index contributed by atoms with van der Waals surface area (Å²) in [6.07, 6.45) is 2.84. The Labute approximate surface area is 118 Å². The van der Waals surface area contributed by atoms with E-state index in [9.17, 15) is 9.59 Å². The highest BCUT2D eigenvalue weighted by Gasteiger charge is 2.16. The lowest BCUT2D eigenvalue weighted by Gasteiger charge is -2.07. The molecule has 3 rings (SSSR count). The summed E-state index contributed by atoms with van der Waals surface area (Å²) in [6.45, 7) is 0. The molecular formula is C13H10N6O2. The summed E-state index contributed by atoms with van der Waals surface area (Å²) >= 11 is 0. The van der Waals surface area contributed by atoms with Crippen LogP contribution in [0.5, 0.6) is 0 Å². The smallest absolute Gasteiger partial charge is 0.316 e. The maximum absolute atomic E-state index is 11.9. The van der Waals surface area contributed by atoms with Crippen molar-refractivity contribution < 1.29 is 9.59 Å². The Bertz CT molecular complexity index is 794. The largest absolute Gasteiger partial charge is 0.316 e. The lowest BCUT2D eigenvalue weighted by atomic mass is 10.2. The highest BCUT2D eigenvalue weighted by molar-refractivity contribution is 6.43. The standard InChI is InChI=1S/C13H10N6O2/c20-11(12(21)18-13-15-7-16-19-13)17-9-5-1-3-8-4-2-6-14-10(8)9/h1-7H,(H,17,20)(H2,15,16,18,19,21). The van der Waals surface area contributed by atoms with Crippen molar-refractivity contribution in [2.75, 3.05) is 10.6 Å². The number of aromatic nitrogens is 4. The fourth-order valence-electron chi connectivity index (χ4n) is 1.81. The number of aromatic amines is 1. The van der Waals surface area contributed by atoms with Gasteiger partial charge in [0, 0.05) is 11.6 Å². The van der Waals surface area contributed by atoms with Crippen molar-refractivity contribution in [2.24, 2.45) is 0 Å². The number of benzene rings is 1. The Hall–Kier alpha value is -3.29. The lowest BCUT2D eigenvalue weighted by Crippen LogP contribution is -2.29. The number of pyridine rings is 1. The number of anilines is 2. The first-order valence-electron chi connectivity index (χ1n) is 6.05. The zero-order valence-corrected chi connectivity index (χ0v) is 10.7. The van der Waals surface area contributed by atoms with Gasteiger partial charge in [0.15, 0.2) is 0 Å². The number of fused-ring (bicyclic) bond motifs is 1. The number of hydrogen-bond donors (Lipinski definition) is 3. The normalized spacial score (nSPS) is 10.3. The first-order valence-corrected chi connectivity index (χ1v) is 6.05. The molecule has 0 bridgehead atoms. The van der Waals surface area contributed by atoms with Crippen LogP contribution in [0, 0.1) is 0 Å². The summed E-state index contributed by atoms with van der Waals surface area (Å²) in [4.78, 5) is 31.5. The van der Waals surface area contributed by atoms with Crippen molar-refractivity contribution >= 4 is 34.4 Å². The Kier molecular flexibility index (Phi) is 3.26. The van der Waals surface area contributed by atoms with Crippen LogP contribution in [0.1, 0.15) is 0 Å². The SMILES string of the molecule is O=C(Nc1ncn[nH]1)C(=O)Nc1cccc2cccnc12. The van der Waals surface area contributed by atoms with Gasteiger partial charge in [0.1, 0.15) is 6.33 Å². The molecule has 2 heterocycles. The van der Waals surface area contributed by atoms with Crippen LogP contribution in [0.4, 0.5) is 11.6 Å². The molecule has 21 heavy (non-hydrogen) atoms. The Balaban J connectivity index is 1.78. The van der Waals surface area contributed by atoms with Gasteiger partial charge in [0.05, 0.1) is 11.2 Å². The van der Waals surface area contributed by atoms with Gasteiger partial charge in [0.2, 0.25) is 5.95 Å². The molecule has 8 heteroatoms. The molecule has 2 amide bonds. The number of H-pyrrole nitrogens is 1. The summed E-state index contributed by atoms with van der Waals surface area (Å²) in [5, 5.41) is 11.7. The van der Waals surface area contributed by atoms with Crippen LogP contribution < -0.4 is 10.6 Å². The van der Waals surface area contributed by atoms with Gasteiger partial charge in [-0.25, -0.2) is 5.10 Å². The van der Waals surface area contributed by atoms with E-state index in [1.54, 1.807) is 24.4 Å². The maximum atomic E-state index is 11.9. The summed E-state index contributed by atoms with van der Waals surface area (Å²) in [6, 6.07) is 8.98. The molecule has 0 unspecified atom stereocenters. The molecule has 0 fully saturated rings. The molecule has 0 saturated carbocycles. The van der Waals surface area contributed by atoms with Crippen molar-refractivity contribution in [2.45, 2.75) is 0 Å². The second kappa shape index (κ2) is 5.37.